The summed E-state index contributed by atoms with van der Waals surface area (Å²) in [7, 11) is 4.18. The minimum Gasteiger partial charge on any atom is -0.377 e. The zero-order valence-electron chi connectivity index (χ0n) is 10.7. The number of hydrogen-bond acceptors (Lipinski definition) is 3. The third-order valence-electron chi connectivity index (χ3n) is 2.64. The van der Waals surface area contributed by atoms with E-state index >= 15 is 0 Å². The first-order valence-electron chi connectivity index (χ1n) is 5.65. The highest BCUT2D eigenvalue weighted by molar-refractivity contribution is 7.98. The summed E-state index contributed by atoms with van der Waals surface area (Å²) in [6.45, 7) is 3.28. The third kappa shape index (κ3) is 3.72. The molecule has 2 nitrogen and oxygen atoms in total. The Labute approximate surface area is 103 Å². The molecule has 1 aromatic rings. The van der Waals surface area contributed by atoms with Crippen molar-refractivity contribution in [1.82, 2.24) is 5.32 Å². The van der Waals surface area contributed by atoms with Crippen LogP contribution in [0.3, 0.4) is 0 Å². The van der Waals surface area contributed by atoms with Crippen molar-refractivity contribution in [3.05, 3.63) is 29.8 Å². The second kappa shape index (κ2) is 6.81. The second-order valence-electron chi connectivity index (χ2n) is 4.12. The van der Waals surface area contributed by atoms with Crippen molar-refractivity contribution in [1.29, 1.82) is 0 Å². The minimum absolute atomic E-state index is 0.408. The van der Waals surface area contributed by atoms with Gasteiger partial charge in [0.2, 0.25) is 0 Å². The molecule has 1 unspecified atom stereocenters. The summed E-state index contributed by atoms with van der Waals surface area (Å²) in [5.41, 5.74) is 2.67. The van der Waals surface area contributed by atoms with Gasteiger partial charge in [0.1, 0.15) is 0 Å². The topological polar surface area (TPSA) is 15.3 Å². The molecular formula is C13H22N2S. The zero-order chi connectivity index (χ0) is 12.0. The van der Waals surface area contributed by atoms with Crippen LogP contribution in [0.15, 0.2) is 24.3 Å². The highest BCUT2D eigenvalue weighted by Crippen LogP contribution is 2.24. The quantitative estimate of drug-likeness (QED) is 0.767. The summed E-state index contributed by atoms with van der Waals surface area (Å²) in [5, 5.41) is 3.55. The first-order valence-corrected chi connectivity index (χ1v) is 7.04. The largest absolute Gasteiger partial charge is 0.377 e. The molecule has 0 amide bonds. The third-order valence-corrected chi connectivity index (χ3v) is 3.25. The first kappa shape index (κ1) is 13.4. The van der Waals surface area contributed by atoms with E-state index in [1.165, 1.54) is 11.3 Å². The molecule has 0 saturated heterocycles. The van der Waals surface area contributed by atoms with E-state index in [0.29, 0.717) is 6.04 Å². The van der Waals surface area contributed by atoms with Crippen LogP contribution in [0.4, 0.5) is 5.69 Å². The molecule has 1 aromatic carbocycles. The fraction of sp³-hybridized carbons (Fsp3) is 0.538. The Morgan fingerprint density at radius 1 is 1.31 bits per heavy atom. The molecular weight excluding hydrogens is 216 g/mol. The summed E-state index contributed by atoms with van der Waals surface area (Å²) < 4.78 is 0. The van der Waals surface area contributed by atoms with E-state index in [0.717, 1.165) is 12.3 Å². The molecule has 0 aliphatic heterocycles. The van der Waals surface area contributed by atoms with Crippen molar-refractivity contribution in [2.45, 2.75) is 13.0 Å². The van der Waals surface area contributed by atoms with E-state index in [9.17, 15) is 0 Å². The van der Waals surface area contributed by atoms with Gasteiger partial charge in [0.05, 0.1) is 0 Å². The zero-order valence-corrected chi connectivity index (χ0v) is 11.5. The van der Waals surface area contributed by atoms with E-state index in [2.05, 4.69) is 61.8 Å². The maximum absolute atomic E-state index is 3.55. The monoisotopic (exact) mass is 238 g/mol. The van der Waals surface area contributed by atoms with Gasteiger partial charge < -0.3 is 10.2 Å². The lowest BCUT2D eigenvalue weighted by atomic mass is 10.1. The Balaban J connectivity index is 2.70. The summed E-state index contributed by atoms with van der Waals surface area (Å²) in [5.74, 6) is 1.16. The van der Waals surface area contributed by atoms with Crippen LogP contribution in [0.2, 0.25) is 0 Å². The van der Waals surface area contributed by atoms with E-state index in [-0.39, 0.29) is 0 Å². The van der Waals surface area contributed by atoms with Crippen molar-refractivity contribution in [2.24, 2.45) is 0 Å². The number of nitrogens with zero attached hydrogens (tertiary/aromatic N) is 1. The molecule has 0 aromatic heterocycles. The van der Waals surface area contributed by atoms with Crippen LogP contribution in [-0.2, 0) is 0 Å². The van der Waals surface area contributed by atoms with E-state index in [4.69, 9.17) is 0 Å². The number of anilines is 1. The molecule has 0 radical (unpaired) electrons. The van der Waals surface area contributed by atoms with Gasteiger partial charge in [-0.2, -0.15) is 11.8 Å². The van der Waals surface area contributed by atoms with Crippen molar-refractivity contribution in [3.8, 4) is 0 Å². The summed E-state index contributed by atoms with van der Waals surface area (Å²) in [6, 6.07) is 8.97. The van der Waals surface area contributed by atoms with Gasteiger partial charge in [-0.05, 0) is 24.8 Å². The fourth-order valence-corrected chi connectivity index (χ4v) is 2.07. The van der Waals surface area contributed by atoms with Gasteiger partial charge in [0, 0.05) is 38.1 Å². The molecule has 3 heteroatoms. The molecule has 0 spiro atoms. The van der Waals surface area contributed by atoms with Gasteiger partial charge in [0.25, 0.3) is 0 Å². The Bertz CT molecular complexity index is 313. The highest BCUT2D eigenvalue weighted by atomic mass is 32.2. The Morgan fingerprint density at radius 2 is 2.00 bits per heavy atom. The van der Waals surface area contributed by atoms with E-state index in [1.807, 2.05) is 11.8 Å². The first-order chi connectivity index (χ1) is 7.66. The van der Waals surface area contributed by atoms with Crippen molar-refractivity contribution in [3.63, 3.8) is 0 Å². The lowest BCUT2D eigenvalue weighted by Gasteiger charge is -2.22. The molecule has 0 bridgehead atoms. The molecule has 1 rings (SSSR count). The molecule has 0 heterocycles. The van der Waals surface area contributed by atoms with Crippen molar-refractivity contribution in [2.75, 3.05) is 37.5 Å². The molecule has 0 aliphatic rings. The number of benzene rings is 1. The van der Waals surface area contributed by atoms with E-state index in [1.54, 1.807) is 0 Å². The lowest BCUT2D eigenvalue weighted by Crippen LogP contribution is -2.23. The Hall–Kier alpha value is -0.670. The standard InChI is InChI=1S/C13H22N2S/c1-11(14-9-10-16-4)12-7-5-6-8-13(12)15(2)3/h5-8,11,14H,9-10H2,1-4H3. The number of para-hydroxylation sites is 1. The molecule has 16 heavy (non-hydrogen) atoms. The van der Waals surface area contributed by atoms with Crippen LogP contribution in [0, 0.1) is 0 Å². The molecule has 90 valence electrons. The molecule has 0 fully saturated rings. The van der Waals surface area contributed by atoms with Crippen molar-refractivity contribution >= 4 is 17.4 Å². The Morgan fingerprint density at radius 3 is 2.62 bits per heavy atom. The summed E-state index contributed by atoms with van der Waals surface area (Å²) in [4.78, 5) is 2.17. The normalized spacial score (nSPS) is 12.5. The van der Waals surface area contributed by atoms with Gasteiger partial charge in [0.15, 0.2) is 0 Å². The smallest absolute Gasteiger partial charge is 0.0409 e. The minimum atomic E-state index is 0.408. The fourth-order valence-electron chi connectivity index (χ4n) is 1.75. The SMILES string of the molecule is CSCCNC(C)c1ccccc1N(C)C. The molecule has 1 atom stereocenters. The predicted molar refractivity (Wildman–Crippen MR) is 75.6 cm³/mol. The number of nitrogens with one attached hydrogen (secondary N) is 1. The highest BCUT2D eigenvalue weighted by Gasteiger charge is 2.10. The van der Waals surface area contributed by atoms with Crippen LogP contribution in [0.1, 0.15) is 18.5 Å². The van der Waals surface area contributed by atoms with Gasteiger partial charge >= 0.3 is 0 Å². The average molecular weight is 238 g/mol. The maximum atomic E-state index is 3.55. The van der Waals surface area contributed by atoms with Crippen LogP contribution in [-0.4, -0.2) is 32.6 Å². The maximum Gasteiger partial charge on any atom is 0.0409 e. The predicted octanol–water partition coefficient (Wildman–Crippen LogP) is 2.77. The van der Waals surface area contributed by atoms with Gasteiger partial charge in [-0.25, -0.2) is 0 Å². The van der Waals surface area contributed by atoms with Crippen LogP contribution in [0.5, 0.6) is 0 Å². The lowest BCUT2D eigenvalue weighted by molar-refractivity contribution is 0.601. The van der Waals surface area contributed by atoms with Crippen LogP contribution in [0.25, 0.3) is 0 Å². The second-order valence-corrected chi connectivity index (χ2v) is 5.11. The van der Waals surface area contributed by atoms with Gasteiger partial charge in [-0.15, -0.1) is 0 Å². The summed E-state index contributed by atoms with van der Waals surface area (Å²) >= 11 is 1.88. The molecule has 1 N–H and O–H groups in total. The molecule has 0 aliphatic carbocycles. The van der Waals surface area contributed by atoms with Crippen molar-refractivity contribution < 1.29 is 0 Å². The average Bonchev–Trinajstić information content (AvgIpc) is 2.29. The van der Waals surface area contributed by atoms with Gasteiger partial charge in [-0.1, -0.05) is 18.2 Å². The van der Waals surface area contributed by atoms with E-state index < -0.39 is 0 Å². The van der Waals surface area contributed by atoms with Gasteiger partial charge in [-0.3, -0.25) is 0 Å². The van der Waals surface area contributed by atoms with Crippen LogP contribution < -0.4 is 10.2 Å². The molecule has 0 saturated carbocycles. The number of thioether (sulfide) groups is 1. The number of hydrogen-bond donors (Lipinski definition) is 1. The number of rotatable bonds is 6. The Kier molecular flexibility index (Phi) is 5.71. The summed E-state index contributed by atoms with van der Waals surface area (Å²) in [6.07, 6.45) is 2.14. The van der Waals surface area contributed by atoms with Crippen LogP contribution >= 0.6 is 11.8 Å².